The van der Waals surface area contributed by atoms with Gasteiger partial charge in [-0.2, -0.15) is 0 Å². The molecule has 0 aromatic heterocycles. The summed E-state index contributed by atoms with van der Waals surface area (Å²) < 4.78 is 25.4. The maximum Gasteiger partial charge on any atom is 0.253 e. The lowest BCUT2D eigenvalue weighted by Crippen LogP contribution is -2.39. The Morgan fingerprint density at radius 1 is 1.50 bits per heavy atom. The molecule has 10 heavy (non-hydrogen) atoms. The maximum atomic E-state index is 12.7. The molecular weight excluding hydrogens is 138 g/mol. The van der Waals surface area contributed by atoms with E-state index < -0.39 is 17.9 Å². The van der Waals surface area contributed by atoms with Gasteiger partial charge in [0.15, 0.2) is 0 Å². The Labute approximate surface area is 59.0 Å². The molecule has 1 saturated carbocycles. The molecule has 0 unspecified atom stereocenters. The molecule has 1 fully saturated rings. The van der Waals surface area contributed by atoms with Crippen LogP contribution in [0, 0.1) is 5.92 Å². The second-order valence-electron chi connectivity index (χ2n) is 3.01. The van der Waals surface area contributed by atoms with Gasteiger partial charge in [-0.15, -0.1) is 0 Å². The second kappa shape index (κ2) is 2.46. The van der Waals surface area contributed by atoms with E-state index in [-0.39, 0.29) is 6.42 Å². The first kappa shape index (κ1) is 7.92. The van der Waals surface area contributed by atoms with Gasteiger partial charge in [0.25, 0.3) is 5.92 Å². The summed E-state index contributed by atoms with van der Waals surface area (Å²) in [5.41, 5.74) is 0. The molecule has 1 aliphatic carbocycles. The molecule has 1 rings (SSSR count). The van der Waals surface area contributed by atoms with Gasteiger partial charge in [0, 0.05) is 12.3 Å². The molecule has 0 aromatic rings. The highest BCUT2D eigenvalue weighted by Crippen LogP contribution is 2.37. The Hall–Kier alpha value is -0.180. The van der Waals surface area contributed by atoms with Crippen molar-refractivity contribution in [2.24, 2.45) is 5.92 Å². The number of hydrogen-bond acceptors (Lipinski definition) is 1. The molecule has 0 spiro atoms. The topological polar surface area (TPSA) is 20.2 Å². The van der Waals surface area contributed by atoms with Crippen LogP contribution in [-0.2, 0) is 0 Å². The Morgan fingerprint density at radius 2 is 2.10 bits per heavy atom. The van der Waals surface area contributed by atoms with E-state index >= 15 is 0 Å². The number of aliphatic hydroxyl groups is 1. The van der Waals surface area contributed by atoms with Crippen LogP contribution < -0.4 is 0 Å². The Kier molecular flexibility index (Phi) is 1.95. The molecular formula is C7H12F2O. The standard InChI is InChI=1S/C7H12F2O/c1-5-6(10)3-2-4-7(5,8)9/h5-6,10H,2-4H2,1H3/t5-,6+/m1/s1. The average molecular weight is 150 g/mol. The molecule has 3 heteroatoms. The van der Waals surface area contributed by atoms with Gasteiger partial charge in [-0.05, 0) is 12.8 Å². The number of rotatable bonds is 0. The number of halogens is 2. The van der Waals surface area contributed by atoms with E-state index in [4.69, 9.17) is 5.11 Å². The molecule has 0 aromatic carbocycles. The number of aliphatic hydroxyl groups excluding tert-OH is 1. The fourth-order valence-corrected chi connectivity index (χ4v) is 1.31. The lowest BCUT2D eigenvalue weighted by atomic mass is 9.85. The lowest BCUT2D eigenvalue weighted by Gasteiger charge is -2.32. The van der Waals surface area contributed by atoms with Crippen LogP contribution in [0.25, 0.3) is 0 Å². The molecule has 0 radical (unpaired) electrons. The SMILES string of the molecule is C[C@@H]1[C@@H](O)CCCC1(F)F. The fraction of sp³-hybridized carbons (Fsp3) is 1.00. The zero-order valence-electron chi connectivity index (χ0n) is 5.98. The van der Waals surface area contributed by atoms with Crippen molar-refractivity contribution >= 4 is 0 Å². The number of alkyl halides is 2. The minimum atomic E-state index is -2.64. The summed E-state index contributed by atoms with van der Waals surface area (Å²) in [6.45, 7) is 1.41. The normalized spacial score (nSPS) is 39.6. The largest absolute Gasteiger partial charge is 0.393 e. The van der Waals surface area contributed by atoms with E-state index in [2.05, 4.69) is 0 Å². The van der Waals surface area contributed by atoms with Crippen molar-refractivity contribution in [2.75, 3.05) is 0 Å². The van der Waals surface area contributed by atoms with Crippen molar-refractivity contribution in [1.29, 1.82) is 0 Å². The van der Waals surface area contributed by atoms with Crippen LogP contribution in [0.1, 0.15) is 26.2 Å². The van der Waals surface area contributed by atoms with Crippen LogP contribution in [0.2, 0.25) is 0 Å². The third-order valence-electron chi connectivity index (χ3n) is 2.25. The van der Waals surface area contributed by atoms with Crippen molar-refractivity contribution in [2.45, 2.75) is 38.2 Å². The van der Waals surface area contributed by atoms with Gasteiger partial charge in [-0.3, -0.25) is 0 Å². The molecule has 0 saturated heterocycles. The first-order valence-electron chi connectivity index (χ1n) is 3.60. The van der Waals surface area contributed by atoms with Gasteiger partial charge < -0.3 is 5.11 Å². The summed E-state index contributed by atoms with van der Waals surface area (Å²) >= 11 is 0. The summed E-state index contributed by atoms with van der Waals surface area (Å²) in [5, 5.41) is 9.03. The van der Waals surface area contributed by atoms with Crippen molar-refractivity contribution in [3.05, 3.63) is 0 Å². The molecule has 0 bridgehead atoms. The van der Waals surface area contributed by atoms with E-state index in [9.17, 15) is 8.78 Å². The Morgan fingerprint density at radius 3 is 2.50 bits per heavy atom. The van der Waals surface area contributed by atoms with Crippen LogP contribution in [0.15, 0.2) is 0 Å². The van der Waals surface area contributed by atoms with E-state index in [1.807, 2.05) is 0 Å². The van der Waals surface area contributed by atoms with Crippen LogP contribution in [0.5, 0.6) is 0 Å². The summed E-state index contributed by atoms with van der Waals surface area (Å²) in [6, 6.07) is 0. The lowest BCUT2D eigenvalue weighted by molar-refractivity contribution is -0.125. The van der Waals surface area contributed by atoms with Crippen LogP contribution >= 0.6 is 0 Å². The third kappa shape index (κ3) is 1.29. The zero-order valence-corrected chi connectivity index (χ0v) is 5.98. The zero-order chi connectivity index (χ0) is 7.78. The van der Waals surface area contributed by atoms with Crippen LogP contribution in [-0.4, -0.2) is 17.1 Å². The molecule has 0 amide bonds. The van der Waals surface area contributed by atoms with Gasteiger partial charge in [-0.25, -0.2) is 8.78 Å². The maximum absolute atomic E-state index is 12.7. The molecule has 1 nitrogen and oxygen atoms in total. The molecule has 1 aliphatic rings. The minimum absolute atomic E-state index is 0.0643. The predicted octanol–water partition coefficient (Wildman–Crippen LogP) is 1.80. The van der Waals surface area contributed by atoms with Crippen LogP contribution in [0.3, 0.4) is 0 Å². The fourth-order valence-electron chi connectivity index (χ4n) is 1.31. The Balaban J connectivity index is 2.60. The van der Waals surface area contributed by atoms with E-state index in [0.717, 1.165) is 0 Å². The van der Waals surface area contributed by atoms with Crippen molar-refractivity contribution in [3.63, 3.8) is 0 Å². The van der Waals surface area contributed by atoms with Gasteiger partial charge in [0.2, 0.25) is 0 Å². The first-order chi connectivity index (χ1) is 4.54. The summed E-state index contributed by atoms with van der Waals surface area (Å²) in [6.07, 6.45) is 0.101. The van der Waals surface area contributed by atoms with Crippen molar-refractivity contribution in [1.82, 2.24) is 0 Å². The number of hydrogen-bond donors (Lipinski definition) is 1. The first-order valence-corrected chi connectivity index (χ1v) is 3.60. The summed E-state index contributed by atoms with van der Waals surface area (Å²) in [4.78, 5) is 0. The third-order valence-corrected chi connectivity index (χ3v) is 2.25. The molecule has 0 aliphatic heterocycles. The average Bonchev–Trinajstić information content (AvgIpc) is 1.83. The molecule has 1 N–H and O–H groups in total. The highest BCUT2D eigenvalue weighted by molar-refractivity contribution is 4.84. The summed E-state index contributed by atoms with van der Waals surface area (Å²) in [7, 11) is 0. The van der Waals surface area contributed by atoms with Gasteiger partial charge in [-0.1, -0.05) is 6.92 Å². The van der Waals surface area contributed by atoms with Crippen LogP contribution in [0.4, 0.5) is 8.78 Å². The van der Waals surface area contributed by atoms with E-state index in [1.165, 1.54) is 6.92 Å². The molecule has 0 heterocycles. The van der Waals surface area contributed by atoms with Crippen molar-refractivity contribution in [3.8, 4) is 0 Å². The van der Waals surface area contributed by atoms with Gasteiger partial charge in [0.1, 0.15) is 0 Å². The Bertz CT molecular complexity index is 125. The second-order valence-corrected chi connectivity index (χ2v) is 3.01. The van der Waals surface area contributed by atoms with E-state index in [0.29, 0.717) is 12.8 Å². The van der Waals surface area contributed by atoms with E-state index in [1.54, 1.807) is 0 Å². The molecule has 60 valence electrons. The predicted molar refractivity (Wildman–Crippen MR) is 34.0 cm³/mol. The highest BCUT2D eigenvalue weighted by atomic mass is 19.3. The highest BCUT2D eigenvalue weighted by Gasteiger charge is 2.43. The molecule has 2 atom stereocenters. The monoisotopic (exact) mass is 150 g/mol. The van der Waals surface area contributed by atoms with Crippen molar-refractivity contribution < 1.29 is 13.9 Å². The minimum Gasteiger partial charge on any atom is -0.393 e. The summed E-state index contributed by atoms with van der Waals surface area (Å²) in [5.74, 6) is -3.50. The smallest absolute Gasteiger partial charge is 0.253 e. The van der Waals surface area contributed by atoms with Gasteiger partial charge >= 0.3 is 0 Å². The quantitative estimate of drug-likeness (QED) is 0.558. The van der Waals surface area contributed by atoms with Gasteiger partial charge in [0.05, 0.1) is 6.10 Å².